The molecule has 8 heteroatoms. The zero-order chi connectivity index (χ0) is 18.4. The molecule has 0 fully saturated rings. The molecule has 1 N–H and O–H groups in total. The van der Waals surface area contributed by atoms with E-state index in [2.05, 4.69) is 20.8 Å². The van der Waals surface area contributed by atoms with Gasteiger partial charge in [0.2, 0.25) is 11.1 Å². The third-order valence-corrected chi connectivity index (χ3v) is 4.68. The molecule has 7 nitrogen and oxygen atoms in total. The number of methoxy groups -OCH3 is 1. The van der Waals surface area contributed by atoms with Gasteiger partial charge in [0.05, 0.1) is 24.6 Å². The Morgan fingerprint density at radius 2 is 1.92 bits per heavy atom. The van der Waals surface area contributed by atoms with Crippen LogP contribution in [0, 0.1) is 0 Å². The van der Waals surface area contributed by atoms with Crippen molar-refractivity contribution < 1.29 is 9.53 Å². The number of thioether (sulfide) groups is 1. The lowest BCUT2D eigenvalue weighted by Crippen LogP contribution is -2.28. The van der Waals surface area contributed by atoms with E-state index in [1.54, 1.807) is 11.8 Å². The average molecular weight is 369 g/mol. The van der Waals surface area contributed by atoms with Crippen molar-refractivity contribution >= 4 is 17.7 Å². The fourth-order valence-electron chi connectivity index (χ4n) is 2.52. The van der Waals surface area contributed by atoms with Crippen LogP contribution in [0.3, 0.4) is 0 Å². The van der Waals surface area contributed by atoms with Crippen LogP contribution in [0.2, 0.25) is 0 Å². The molecular formula is C18H19N5O2S. The maximum Gasteiger partial charge on any atom is 0.230 e. The lowest BCUT2D eigenvalue weighted by atomic mass is 10.1. The number of rotatable bonds is 7. The summed E-state index contributed by atoms with van der Waals surface area (Å²) in [7, 11) is 1.62. The van der Waals surface area contributed by atoms with E-state index in [9.17, 15) is 4.79 Å². The van der Waals surface area contributed by atoms with Crippen LogP contribution in [-0.2, 0) is 4.79 Å². The molecule has 0 saturated carbocycles. The van der Waals surface area contributed by atoms with Gasteiger partial charge < -0.3 is 10.1 Å². The van der Waals surface area contributed by atoms with Gasteiger partial charge in [-0.05, 0) is 35.5 Å². The van der Waals surface area contributed by atoms with Crippen molar-refractivity contribution in [2.75, 3.05) is 12.9 Å². The molecule has 1 heterocycles. The lowest BCUT2D eigenvalue weighted by molar-refractivity contribution is -0.119. The fraction of sp³-hybridized carbons (Fsp3) is 0.222. The van der Waals surface area contributed by atoms with Crippen molar-refractivity contribution in [3.8, 4) is 11.4 Å². The highest BCUT2D eigenvalue weighted by Gasteiger charge is 2.15. The van der Waals surface area contributed by atoms with Gasteiger partial charge in [-0.2, -0.15) is 4.68 Å². The monoisotopic (exact) mass is 369 g/mol. The van der Waals surface area contributed by atoms with Crippen LogP contribution in [0.5, 0.6) is 5.75 Å². The van der Waals surface area contributed by atoms with Gasteiger partial charge in [-0.1, -0.05) is 48.2 Å². The number of aromatic nitrogens is 4. The van der Waals surface area contributed by atoms with Gasteiger partial charge in [-0.25, -0.2) is 0 Å². The summed E-state index contributed by atoms with van der Waals surface area (Å²) in [6.07, 6.45) is 0. The molecule has 0 saturated heterocycles. The normalized spacial score (nSPS) is 11.8. The Morgan fingerprint density at radius 1 is 1.19 bits per heavy atom. The van der Waals surface area contributed by atoms with Crippen molar-refractivity contribution in [1.82, 2.24) is 25.5 Å². The van der Waals surface area contributed by atoms with E-state index in [0.29, 0.717) is 5.16 Å². The Balaban J connectivity index is 1.61. The quantitative estimate of drug-likeness (QED) is 0.645. The second-order valence-electron chi connectivity index (χ2n) is 5.53. The summed E-state index contributed by atoms with van der Waals surface area (Å²) >= 11 is 1.29. The Labute approximate surface area is 155 Å². The SMILES string of the molecule is COc1ccccc1C(C)NC(=O)CSc1nnnn1-c1ccccc1. The zero-order valence-electron chi connectivity index (χ0n) is 14.5. The molecule has 0 aliphatic heterocycles. The Bertz CT molecular complexity index is 869. The first-order chi connectivity index (χ1) is 12.7. The van der Waals surface area contributed by atoms with Crippen LogP contribution in [0.25, 0.3) is 5.69 Å². The number of benzene rings is 2. The summed E-state index contributed by atoms with van der Waals surface area (Å²) in [4.78, 5) is 12.3. The van der Waals surface area contributed by atoms with Crippen molar-refractivity contribution in [3.05, 3.63) is 60.2 Å². The summed E-state index contributed by atoms with van der Waals surface area (Å²) in [6, 6.07) is 17.0. The molecule has 0 aliphatic rings. The number of carbonyl (C=O) groups excluding carboxylic acids is 1. The minimum Gasteiger partial charge on any atom is -0.496 e. The molecule has 0 spiro atoms. The number of hydrogen-bond acceptors (Lipinski definition) is 6. The smallest absolute Gasteiger partial charge is 0.230 e. The summed E-state index contributed by atoms with van der Waals surface area (Å²) < 4.78 is 6.96. The number of tetrazole rings is 1. The van der Waals surface area contributed by atoms with E-state index in [1.807, 2.05) is 61.5 Å². The number of nitrogens with zero attached hydrogens (tertiary/aromatic N) is 4. The molecule has 1 unspecified atom stereocenters. The van der Waals surface area contributed by atoms with E-state index in [1.165, 1.54) is 11.8 Å². The first kappa shape index (κ1) is 17.9. The number of hydrogen-bond donors (Lipinski definition) is 1. The summed E-state index contributed by atoms with van der Waals surface area (Å²) in [6.45, 7) is 1.93. The second-order valence-corrected chi connectivity index (χ2v) is 6.47. The molecular weight excluding hydrogens is 350 g/mol. The number of nitrogens with one attached hydrogen (secondary N) is 1. The van der Waals surface area contributed by atoms with Crippen molar-refractivity contribution in [1.29, 1.82) is 0 Å². The van der Waals surface area contributed by atoms with Gasteiger partial charge in [0, 0.05) is 5.56 Å². The highest BCUT2D eigenvalue weighted by molar-refractivity contribution is 7.99. The number of para-hydroxylation sites is 2. The first-order valence-electron chi connectivity index (χ1n) is 8.08. The highest BCUT2D eigenvalue weighted by Crippen LogP contribution is 2.24. The molecule has 1 aromatic heterocycles. The molecule has 2 aromatic carbocycles. The molecule has 0 bridgehead atoms. The van der Waals surface area contributed by atoms with E-state index in [4.69, 9.17) is 4.74 Å². The van der Waals surface area contributed by atoms with Crippen LogP contribution in [0.4, 0.5) is 0 Å². The fourth-order valence-corrected chi connectivity index (χ4v) is 3.22. The third kappa shape index (κ3) is 4.20. The Kier molecular flexibility index (Phi) is 5.85. The standard InChI is InChI=1S/C18H19N5O2S/c1-13(15-10-6-7-11-16(15)25-2)19-17(24)12-26-18-20-21-22-23(18)14-8-4-3-5-9-14/h3-11,13H,12H2,1-2H3,(H,19,24). The third-order valence-electron chi connectivity index (χ3n) is 3.76. The minimum absolute atomic E-state index is 0.101. The Morgan fingerprint density at radius 3 is 2.69 bits per heavy atom. The maximum absolute atomic E-state index is 12.3. The number of carbonyl (C=O) groups is 1. The van der Waals surface area contributed by atoms with Gasteiger partial charge >= 0.3 is 0 Å². The van der Waals surface area contributed by atoms with E-state index < -0.39 is 0 Å². The molecule has 0 aliphatic carbocycles. The van der Waals surface area contributed by atoms with Crippen molar-refractivity contribution in [2.24, 2.45) is 0 Å². The van der Waals surface area contributed by atoms with Crippen LogP contribution >= 0.6 is 11.8 Å². The predicted octanol–water partition coefficient (Wildman–Crippen LogP) is 2.64. The van der Waals surface area contributed by atoms with Crippen molar-refractivity contribution in [2.45, 2.75) is 18.1 Å². The molecule has 0 radical (unpaired) electrons. The van der Waals surface area contributed by atoms with Crippen LogP contribution in [-0.4, -0.2) is 39.0 Å². The highest BCUT2D eigenvalue weighted by atomic mass is 32.2. The van der Waals surface area contributed by atoms with Gasteiger partial charge in [0.15, 0.2) is 0 Å². The van der Waals surface area contributed by atoms with Gasteiger partial charge in [-0.15, -0.1) is 5.10 Å². The lowest BCUT2D eigenvalue weighted by Gasteiger charge is -2.17. The Hall–Kier alpha value is -2.87. The minimum atomic E-state index is -0.163. The molecule has 1 atom stereocenters. The topological polar surface area (TPSA) is 81.9 Å². The first-order valence-corrected chi connectivity index (χ1v) is 9.06. The summed E-state index contributed by atoms with van der Waals surface area (Å²) in [5.74, 6) is 0.865. The van der Waals surface area contributed by atoms with Gasteiger partial charge in [0.25, 0.3) is 0 Å². The van der Waals surface area contributed by atoms with E-state index in [-0.39, 0.29) is 17.7 Å². The molecule has 1 amide bonds. The molecule has 3 rings (SSSR count). The summed E-state index contributed by atoms with van der Waals surface area (Å²) in [5.41, 5.74) is 1.78. The van der Waals surface area contributed by atoms with E-state index in [0.717, 1.165) is 17.0 Å². The molecule has 3 aromatic rings. The van der Waals surface area contributed by atoms with E-state index >= 15 is 0 Å². The number of ether oxygens (including phenoxy) is 1. The average Bonchev–Trinajstić information content (AvgIpc) is 3.15. The van der Waals surface area contributed by atoms with Crippen LogP contribution in [0.1, 0.15) is 18.5 Å². The van der Waals surface area contributed by atoms with Gasteiger partial charge in [-0.3, -0.25) is 4.79 Å². The summed E-state index contributed by atoms with van der Waals surface area (Å²) in [5, 5.41) is 15.2. The number of amides is 1. The zero-order valence-corrected chi connectivity index (χ0v) is 15.3. The van der Waals surface area contributed by atoms with Crippen LogP contribution < -0.4 is 10.1 Å². The second kappa shape index (κ2) is 8.48. The van der Waals surface area contributed by atoms with Crippen molar-refractivity contribution in [3.63, 3.8) is 0 Å². The molecule has 26 heavy (non-hydrogen) atoms. The van der Waals surface area contributed by atoms with Gasteiger partial charge in [0.1, 0.15) is 5.75 Å². The predicted molar refractivity (Wildman–Crippen MR) is 99.4 cm³/mol. The maximum atomic E-state index is 12.3. The largest absolute Gasteiger partial charge is 0.496 e. The van der Waals surface area contributed by atoms with Crippen LogP contribution in [0.15, 0.2) is 59.8 Å². The molecule has 134 valence electrons.